The van der Waals surface area contributed by atoms with E-state index in [1.807, 2.05) is 6.08 Å². The van der Waals surface area contributed by atoms with Gasteiger partial charge in [0.15, 0.2) is 23.4 Å². The maximum atomic E-state index is 13.3. The molecule has 0 saturated carbocycles. The van der Waals surface area contributed by atoms with Gasteiger partial charge in [-0.25, -0.2) is 4.79 Å². The number of esters is 5. The topological polar surface area (TPSA) is 164 Å². The third-order valence-corrected chi connectivity index (χ3v) is 10.1. The maximum Gasteiger partial charge on any atom is 0.342 e. The SMILES string of the molecule is CCCCCCCC(=O)O[C@H]1/C(C)=C\[C@@H]2OC(=O)[C@]3(C)O[C@]23[C@@H](OC(C)=O)[C@H]2C(C)=CC[C@H](OC(C)=O)[C@]2(C)[C@@H](OC(C)=O)[C@@H]1O. The Labute approximate surface area is 270 Å². The van der Waals surface area contributed by atoms with E-state index in [2.05, 4.69) is 6.92 Å². The van der Waals surface area contributed by atoms with E-state index >= 15 is 0 Å². The molecule has 4 rings (SSSR count). The first-order chi connectivity index (χ1) is 21.5. The minimum Gasteiger partial charge on any atom is -0.461 e. The molecule has 12 nitrogen and oxygen atoms in total. The quantitative estimate of drug-likeness (QED) is 0.120. The van der Waals surface area contributed by atoms with Crippen molar-refractivity contribution in [3.8, 4) is 0 Å². The molecule has 2 heterocycles. The number of unbranched alkanes of at least 4 members (excludes halogenated alkanes) is 4. The van der Waals surface area contributed by atoms with E-state index in [4.69, 9.17) is 28.4 Å². The predicted octanol–water partition coefficient (Wildman–Crippen LogP) is 3.80. The van der Waals surface area contributed by atoms with Crippen molar-refractivity contribution in [1.82, 2.24) is 0 Å². The molecule has 0 aromatic heterocycles. The van der Waals surface area contributed by atoms with Gasteiger partial charge < -0.3 is 33.5 Å². The second-order valence-electron chi connectivity index (χ2n) is 13.4. The molecule has 46 heavy (non-hydrogen) atoms. The molecule has 2 aliphatic heterocycles. The van der Waals surface area contributed by atoms with Crippen LogP contribution in [0.15, 0.2) is 23.3 Å². The lowest BCUT2D eigenvalue weighted by Crippen LogP contribution is -2.65. The minimum absolute atomic E-state index is 0.105. The molecular weight excluding hydrogens is 600 g/mol. The van der Waals surface area contributed by atoms with E-state index in [0.717, 1.165) is 25.7 Å². The fourth-order valence-electron chi connectivity index (χ4n) is 7.80. The summed E-state index contributed by atoms with van der Waals surface area (Å²) in [5, 5.41) is 12.2. The molecule has 0 bridgehead atoms. The Kier molecular flexibility index (Phi) is 10.4. The molecule has 1 spiro atoms. The van der Waals surface area contributed by atoms with E-state index in [-0.39, 0.29) is 12.8 Å². The van der Waals surface area contributed by atoms with Crippen molar-refractivity contribution in [2.75, 3.05) is 0 Å². The van der Waals surface area contributed by atoms with E-state index in [1.54, 1.807) is 27.7 Å². The molecule has 0 aromatic carbocycles. The lowest BCUT2D eigenvalue weighted by molar-refractivity contribution is -0.218. The Morgan fingerprint density at radius 2 is 1.50 bits per heavy atom. The van der Waals surface area contributed by atoms with Crippen LogP contribution < -0.4 is 0 Å². The number of carbonyl (C=O) groups excluding carboxylic acids is 5. The molecule has 1 N–H and O–H groups in total. The molecular formula is C34H48O12. The van der Waals surface area contributed by atoms with Gasteiger partial charge in [0.25, 0.3) is 0 Å². The molecule has 2 fully saturated rings. The van der Waals surface area contributed by atoms with Crippen molar-refractivity contribution in [2.45, 2.75) is 148 Å². The lowest BCUT2D eigenvalue weighted by atomic mass is 9.56. The number of fused-ring (bicyclic) bond motifs is 1. The van der Waals surface area contributed by atoms with Crippen LogP contribution >= 0.6 is 0 Å². The van der Waals surface area contributed by atoms with Crippen LogP contribution in [-0.2, 0) is 52.4 Å². The van der Waals surface area contributed by atoms with Gasteiger partial charge in [0.1, 0.15) is 24.4 Å². The zero-order chi connectivity index (χ0) is 34.2. The fraction of sp³-hybridized carbons (Fsp3) is 0.735. The first-order valence-electron chi connectivity index (χ1n) is 16.2. The van der Waals surface area contributed by atoms with Crippen LogP contribution in [0, 0.1) is 11.3 Å². The number of ether oxygens (including phenoxy) is 6. The van der Waals surface area contributed by atoms with Crippen LogP contribution in [0.1, 0.15) is 100 Å². The van der Waals surface area contributed by atoms with Gasteiger partial charge in [-0.15, -0.1) is 0 Å². The molecule has 4 aliphatic rings. The van der Waals surface area contributed by atoms with Crippen molar-refractivity contribution in [1.29, 1.82) is 0 Å². The second kappa shape index (κ2) is 13.5. The van der Waals surface area contributed by atoms with Crippen molar-refractivity contribution >= 4 is 29.8 Å². The van der Waals surface area contributed by atoms with Crippen molar-refractivity contribution in [3.05, 3.63) is 23.3 Å². The predicted molar refractivity (Wildman–Crippen MR) is 162 cm³/mol. The number of hydrogen-bond donors (Lipinski definition) is 1. The van der Waals surface area contributed by atoms with Crippen LogP contribution in [-0.4, -0.2) is 82.8 Å². The highest BCUT2D eigenvalue weighted by Gasteiger charge is 2.87. The largest absolute Gasteiger partial charge is 0.461 e. The summed E-state index contributed by atoms with van der Waals surface area (Å²) in [6, 6.07) is 0. The van der Waals surface area contributed by atoms with Crippen molar-refractivity contribution in [3.63, 3.8) is 0 Å². The maximum absolute atomic E-state index is 13.3. The third kappa shape index (κ3) is 6.22. The number of aliphatic hydroxyl groups excluding tert-OH is 1. The van der Waals surface area contributed by atoms with E-state index in [1.165, 1.54) is 26.8 Å². The summed E-state index contributed by atoms with van der Waals surface area (Å²) in [4.78, 5) is 64.4. The normalized spacial score (nSPS) is 39.2. The van der Waals surface area contributed by atoms with Gasteiger partial charge in [0, 0.05) is 39.5 Å². The van der Waals surface area contributed by atoms with Gasteiger partial charge in [0.2, 0.25) is 0 Å². The number of epoxide rings is 1. The molecule has 2 aliphatic carbocycles. The average molecular weight is 649 g/mol. The molecule has 0 amide bonds. The molecule has 256 valence electrons. The Bertz CT molecular complexity index is 1300. The highest BCUT2D eigenvalue weighted by Crippen LogP contribution is 2.65. The molecule has 10 atom stereocenters. The summed E-state index contributed by atoms with van der Waals surface area (Å²) in [5.74, 6) is -4.22. The number of carbonyl (C=O) groups is 5. The summed E-state index contributed by atoms with van der Waals surface area (Å²) in [6.07, 6.45) is 0.347. The molecule has 0 unspecified atom stereocenters. The summed E-state index contributed by atoms with van der Waals surface area (Å²) in [5.41, 5.74) is -3.59. The second-order valence-corrected chi connectivity index (χ2v) is 13.4. The summed E-state index contributed by atoms with van der Waals surface area (Å²) in [7, 11) is 0. The van der Waals surface area contributed by atoms with Crippen LogP contribution in [0.4, 0.5) is 0 Å². The van der Waals surface area contributed by atoms with Gasteiger partial charge in [-0.3, -0.25) is 19.2 Å². The fourth-order valence-corrected chi connectivity index (χ4v) is 7.80. The van der Waals surface area contributed by atoms with E-state index < -0.39 is 89.0 Å². The first-order valence-corrected chi connectivity index (χ1v) is 16.2. The summed E-state index contributed by atoms with van der Waals surface area (Å²) in [6.45, 7) is 12.4. The van der Waals surface area contributed by atoms with Crippen LogP contribution in [0.3, 0.4) is 0 Å². The minimum atomic E-state index is -1.67. The Morgan fingerprint density at radius 1 is 0.891 bits per heavy atom. The standard InChI is InChI=1S/C34H48O12/c1-9-10-11-12-13-14-25(38)45-28-19(3)17-24-34(33(8,46-34)31(40)44-24)29(42-21(5)36)26-18(2)15-16-23(41-20(4)35)32(26,7)30(27(28)39)43-22(6)37/h15,17,23-24,26-30,39H,9-14,16H2,1-8H3/b19-17-/t23-,24-,26+,27+,28-,29-,30-,32-,33-,34-/m0/s1. The van der Waals surface area contributed by atoms with Crippen molar-refractivity contribution < 1.29 is 57.5 Å². The highest BCUT2D eigenvalue weighted by atomic mass is 16.7. The van der Waals surface area contributed by atoms with E-state index in [0.29, 0.717) is 17.6 Å². The summed E-state index contributed by atoms with van der Waals surface area (Å²) >= 11 is 0. The Hall–Kier alpha value is -3.25. The Balaban J connectivity index is 1.93. The van der Waals surface area contributed by atoms with Gasteiger partial charge in [-0.05, 0) is 38.8 Å². The monoisotopic (exact) mass is 648 g/mol. The lowest BCUT2D eigenvalue weighted by Gasteiger charge is -2.54. The van der Waals surface area contributed by atoms with Gasteiger partial charge in [0.05, 0.1) is 5.41 Å². The number of aliphatic hydroxyl groups is 1. The number of hydrogen-bond acceptors (Lipinski definition) is 12. The summed E-state index contributed by atoms with van der Waals surface area (Å²) < 4.78 is 35.8. The van der Waals surface area contributed by atoms with Crippen LogP contribution in [0.2, 0.25) is 0 Å². The van der Waals surface area contributed by atoms with Crippen molar-refractivity contribution in [2.24, 2.45) is 11.3 Å². The molecule has 12 heteroatoms. The smallest absolute Gasteiger partial charge is 0.342 e. The van der Waals surface area contributed by atoms with Crippen LogP contribution in [0.5, 0.6) is 0 Å². The highest BCUT2D eigenvalue weighted by molar-refractivity contribution is 5.89. The van der Waals surface area contributed by atoms with Gasteiger partial charge >= 0.3 is 29.8 Å². The molecule has 2 saturated heterocycles. The third-order valence-electron chi connectivity index (χ3n) is 10.1. The van der Waals surface area contributed by atoms with Crippen LogP contribution in [0.25, 0.3) is 0 Å². The molecule has 0 aromatic rings. The zero-order valence-electron chi connectivity index (χ0n) is 28.1. The van der Waals surface area contributed by atoms with Gasteiger partial charge in [-0.2, -0.15) is 0 Å². The zero-order valence-corrected chi connectivity index (χ0v) is 28.1. The average Bonchev–Trinajstić information content (AvgIpc) is 3.55. The molecule has 0 radical (unpaired) electrons. The Morgan fingerprint density at radius 3 is 2.09 bits per heavy atom. The first kappa shape index (κ1) is 35.6. The van der Waals surface area contributed by atoms with E-state index in [9.17, 15) is 29.1 Å². The van der Waals surface area contributed by atoms with Gasteiger partial charge in [-0.1, -0.05) is 51.2 Å². The number of rotatable bonds is 10.